The van der Waals surface area contributed by atoms with Crippen molar-refractivity contribution in [1.29, 1.82) is 0 Å². The molecular weight excluding hydrogens is 264 g/mol. The molecule has 4 nitrogen and oxygen atoms in total. The highest BCUT2D eigenvalue weighted by molar-refractivity contribution is 5.82. The first-order chi connectivity index (χ1) is 9.91. The summed E-state index contributed by atoms with van der Waals surface area (Å²) in [4.78, 5) is 12.5. The van der Waals surface area contributed by atoms with Gasteiger partial charge in [0.15, 0.2) is 0 Å². The molecule has 0 aromatic carbocycles. The van der Waals surface area contributed by atoms with Crippen LogP contribution in [0, 0.1) is 11.3 Å². The Labute approximate surface area is 129 Å². The van der Waals surface area contributed by atoms with Gasteiger partial charge in [-0.1, -0.05) is 33.6 Å². The van der Waals surface area contributed by atoms with Gasteiger partial charge in [-0.05, 0) is 43.4 Å². The minimum absolute atomic E-state index is 0.0274. The van der Waals surface area contributed by atoms with Crippen molar-refractivity contribution in [3.05, 3.63) is 0 Å². The third-order valence-electron chi connectivity index (χ3n) is 5.25. The molecular formula is C17H32N2O2. The molecule has 0 bridgehead atoms. The summed E-state index contributed by atoms with van der Waals surface area (Å²) in [6, 6.07) is 0.517. The number of carbonyl (C=O) groups is 1. The number of nitrogens with one attached hydrogen (secondary N) is 2. The molecule has 2 aliphatic rings. The third kappa shape index (κ3) is 4.43. The van der Waals surface area contributed by atoms with Crippen LogP contribution in [0.15, 0.2) is 0 Å². The minimum atomic E-state index is -0.0482. The Hall–Kier alpha value is -0.610. The van der Waals surface area contributed by atoms with Crippen LogP contribution in [-0.4, -0.2) is 35.7 Å². The average Bonchev–Trinajstić information content (AvgIpc) is 2.45. The quantitative estimate of drug-likeness (QED) is 0.745. The highest BCUT2D eigenvalue weighted by atomic mass is 16.3. The lowest BCUT2D eigenvalue weighted by Crippen LogP contribution is -2.57. The van der Waals surface area contributed by atoms with Gasteiger partial charge < -0.3 is 15.7 Å². The molecule has 122 valence electrons. The van der Waals surface area contributed by atoms with E-state index in [2.05, 4.69) is 31.4 Å². The van der Waals surface area contributed by atoms with Crippen LogP contribution in [0.2, 0.25) is 0 Å². The summed E-state index contributed by atoms with van der Waals surface area (Å²) in [6.45, 7) is 6.45. The maximum atomic E-state index is 12.5. The van der Waals surface area contributed by atoms with Crippen molar-refractivity contribution in [1.82, 2.24) is 10.6 Å². The lowest BCUT2D eigenvalue weighted by Gasteiger charge is -2.41. The van der Waals surface area contributed by atoms with E-state index in [1.165, 1.54) is 32.1 Å². The Balaban J connectivity index is 1.90. The molecule has 0 spiro atoms. The van der Waals surface area contributed by atoms with Gasteiger partial charge in [-0.25, -0.2) is 0 Å². The second-order valence-corrected chi connectivity index (χ2v) is 7.89. The molecule has 1 amide bonds. The van der Waals surface area contributed by atoms with Gasteiger partial charge >= 0.3 is 0 Å². The number of carbonyl (C=O) groups excluding carboxylic acids is 1. The van der Waals surface area contributed by atoms with Gasteiger partial charge in [-0.15, -0.1) is 0 Å². The Morgan fingerprint density at radius 1 is 1.24 bits per heavy atom. The van der Waals surface area contributed by atoms with Crippen LogP contribution in [0.3, 0.4) is 0 Å². The van der Waals surface area contributed by atoms with E-state index >= 15 is 0 Å². The van der Waals surface area contributed by atoms with E-state index in [0.29, 0.717) is 12.5 Å². The molecule has 1 aliphatic heterocycles. The van der Waals surface area contributed by atoms with Gasteiger partial charge in [0, 0.05) is 18.7 Å². The number of hydrogen-bond acceptors (Lipinski definition) is 3. The van der Waals surface area contributed by atoms with Crippen LogP contribution in [-0.2, 0) is 4.79 Å². The van der Waals surface area contributed by atoms with Gasteiger partial charge in [0.25, 0.3) is 0 Å². The SMILES string of the molecule is CC(C)(C)C(CCO)NC(=O)C1CCC2CCCCC2N1. The number of aliphatic hydroxyl groups excluding tert-OH is 1. The van der Waals surface area contributed by atoms with Crippen molar-refractivity contribution in [3.8, 4) is 0 Å². The van der Waals surface area contributed by atoms with Crippen LogP contribution >= 0.6 is 0 Å². The Bertz CT molecular complexity index is 351. The number of aliphatic hydroxyl groups is 1. The lowest BCUT2D eigenvalue weighted by molar-refractivity contribution is -0.126. The van der Waals surface area contributed by atoms with E-state index in [9.17, 15) is 9.90 Å². The highest BCUT2D eigenvalue weighted by Gasteiger charge is 2.36. The van der Waals surface area contributed by atoms with Crippen molar-refractivity contribution in [3.63, 3.8) is 0 Å². The summed E-state index contributed by atoms with van der Waals surface area (Å²) in [5.74, 6) is 0.894. The number of amides is 1. The molecule has 0 aromatic rings. The molecule has 1 aliphatic carbocycles. The second-order valence-electron chi connectivity index (χ2n) is 7.89. The fourth-order valence-electron chi connectivity index (χ4n) is 3.82. The molecule has 4 atom stereocenters. The number of rotatable bonds is 4. The summed E-state index contributed by atoms with van der Waals surface area (Å²) in [5.41, 5.74) is -0.0274. The van der Waals surface area contributed by atoms with Crippen molar-refractivity contribution in [2.75, 3.05) is 6.61 Å². The molecule has 2 fully saturated rings. The van der Waals surface area contributed by atoms with Crippen LogP contribution in [0.1, 0.15) is 65.7 Å². The normalized spacial score (nSPS) is 31.3. The predicted octanol–water partition coefficient (Wildman–Crippen LogP) is 2.21. The zero-order valence-corrected chi connectivity index (χ0v) is 13.8. The molecule has 1 saturated heterocycles. The summed E-state index contributed by atoms with van der Waals surface area (Å²) in [6.07, 6.45) is 7.92. The largest absolute Gasteiger partial charge is 0.396 e. The summed E-state index contributed by atoms with van der Waals surface area (Å²) in [7, 11) is 0. The number of hydrogen-bond donors (Lipinski definition) is 3. The minimum Gasteiger partial charge on any atom is -0.396 e. The highest BCUT2D eigenvalue weighted by Crippen LogP contribution is 2.32. The predicted molar refractivity (Wildman–Crippen MR) is 85.0 cm³/mol. The maximum absolute atomic E-state index is 12.5. The van der Waals surface area contributed by atoms with E-state index in [0.717, 1.165) is 12.3 Å². The fraction of sp³-hybridized carbons (Fsp3) is 0.941. The van der Waals surface area contributed by atoms with Gasteiger partial charge in [0.2, 0.25) is 5.91 Å². The first-order valence-electron chi connectivity index (χ1n) is 8.59. The molecule has 4 unspecified atom stereocenters. The Morgan fingerprint density at radius 2 is 1.95 bits per heavy atom. The zero-order valence-electron chi connectivity index (χ0n) is 13.8. The summed E-state index contributed by atoms with van der Waals surface area (Å²) in [5, 5.41) is 16.0. The van der Waals surface area contributed by atoms with Gasteiger partial charge in [0.1, 0.15) is 0 Å². The second kappa shape index (κ2) is 7.10. The van der Waals surface area contributed by atoms with Crippen LogP contribution in [0.5, 0.6) is 0 Å². The van der Waals surface area contributed by atoms with Crippen LogP contribution in [0.25, 0.3) is 0 Å². The number of fused-ring (bicyclic) bond motifs is 1. The molecule has 21 heavy (non-hydrogen) atoms. The van der Waals surface area contributed by atoms with Crippen LogP contribution < -0.4 is 10.6 Å². The molecule has 2 rings (SSSR count). The van der Waals surface area contributed by atoms with E-state index in [-0.39, 0.29) is 30.0 Å². The fourth-order valence-corrected chi connectivity index (χ4v) is 3.82. The summed E-state index contributed by atoms with van der Waals surface area (Å²) >= 11 is 0. The zero-order chi connectivity index (χ0) is 15.5. The molecule has 0 radical (unpaired) electrons. The van der Waals surface area contributed by atoms with Gasteiger partial charge in [0.05, 0.1) is 6.04 Å². The molecule has 1 heterocycles. The van der Waals surface area contributed by atoms with Gasteiger partial charge in [-0.2, -0.15) is 0 Å². The maximum Gasteiger partial charge on any atom is 0.237 e. The van der Waals surface area contributed by atoms with Crippen molar-refractivity contribution < 1.29 is 9.90 Å². The van der Waals surface area contributed by atoms with E-state index in [4.69, 9.17) is 0 Å². The van der Waals surface area contributed by atoms with Crippen molar-refractivity contribution in [2.45, 2.75) is 83.8 Å². The number of piperidine rings is 1. The van der Waals surface area contributed by atoms with E-state index in [1.54, 1.807) is 0 Å². The molecule has 3 N–H and O–H groups in total. The Morgan fingerprint density at radius 3 is 2.62 bits per heavy atom. The summed E-state index contributed by atoms with van der Waals surface area (Å²) < 4.78 is 0. The standard InChI is InChI=1S/C17H32N2O2/c1-17(2,3)15(10-11-20)19-16(21)14-9-8-12-6-4-5-7-13(12)18-14/h12-15,18,20H,4-11H2,1-3H3,(H,19,21). The van der Waals surface area contributed by atoms with E-state index < -0.39 is 0 Å². The average molecular weight is 296 g/mol. The lowest BCUT2D eigenvalue weighted by atomic mass is 9.77. The van der Waals surface area contributed by atoms with Crippen molar-refractivity contribution >= 4 is 5.91 Å². The monoisotopic (exact) mass is 296 g/mol. The smallest absolute Gasteiger partial charge is 0.237 e. The molecule has 0 aromatic heterocycles. The van der Waals surface area contributed by atoms with Gasteiger partial charge in [-0.3, -0.25) is 4.79 Å². The van der Waals surface area contributed by atoms with Crippen molar-refractivity contribution in [2.24, 2.45) is 11.3 Å². The van der Waals surface area contributed by atoms with Crippen LogP contribution in [0.4, 0.5) is 0 Å². The Kier molecular flexibility index (Phi) is 5.67. The molecule has 1 saturated carbocycles. The van der Waals surface area contributed by atoms with E-state index in [1.807, 2.05) is 0 Å². The first-order valence-corrected chi connectivity index (χ1v) is 8.59. The third-order valence-corrected chi connectivity index (χ3v) is 5.25. The molecule has 4 heteroatoms. The topological polar surface area (TPSA) is 61.4 Å². The first kappa shape index (κ1) is 16.8.